The number of nitrogens with one attached hydrogen (secondary N) is 1. The summed E-state index contributed by atoms with van der Waals surface area (Å²) in [4.78, 5) is 12.9. The van der Waals surface area contributed by atoms with Gasteiger partial charge in [0.15, 0.2) is 9.84 Å². The van der Waals surface area contributed by atoms with Gasteiger partial charge in [0.1, 0.15) is 17.2 Å². The molecule has 1 aromatic heterocycles. The minimum Gasteiger partial charge on any atom is -0.455 e. The maximum absolute atomic E-state index is 13.6. The molecule has 1 fully saturated rings. The first-order valence-electron chi connectivity index (χ1n) is 11.9. The van der Waals surface area contributed by atoms with Gasteiger partial charge in [-0.1, -0.05) is 0 Å². The first-order valence-corrected chi connectivity index (χ1v) is 16.4. The lowest BCUT2D eigenvalue weighted by atomic mass is 10.00. The van der Waals surface area contributed by atoms with E-state index in [-0.39, 0.29) is 33.4 Å². The summed E-state index contributed by atoms with van der Waals surface area (Å²) in [6.45, 7) is 0. The number of furan rings is 1. The Morgan fingerprint density at radius 3 is 2.26 bits per heavy atom. The number of amides is 1. The van der Waals surface area contributed by atoms with Gasteiger partial charge in [-0.15, -0.1) is 0 Å². The smallest absolute Gasteiger partial charge is 0.255 e. The highest BCUT2D eigenvalue weighted by Gasteiger charge is 2.34. The van der Waals surface area contributed by atoms with E-state index in [1.54, 1.807) is 12.1 Å². The van der Waals surface area contributed by atoms with Gasteiger partial charge in [0.05, 0.1) is 28.1 Å². The first kappa shape index (κ1) is 27.4. The minimum absolute atomic E-state index is 0.0418. The van der Waals surface area contributed by atoms with Crippen LogP contribution in [0, 0.1) is 5.82 Å². The quantitative estimate of drug-likeness (QED) is 0.277. The van der Waals surface area contributed by atoms with Crippen molar-refractivity contribution >= 4 is 64.0 Å². The standard InChI is InChI=1S/C27H24BrFN2O6S2/c1-30-27(32)25-20-13-19(15-4-5-15)22(14-23(20)37-26(25)16-6-8-17(29)9-7-16)31(39(3,35)36)18-10-11-21(28)24(12-18)38(2,33)34/h6-15H,4-5H2,1-3H3,(H,30,32). The molecule has 4 aromatic rings. The number of sulfone groups is 1. The zero-order valence-electron chi connectivity index (χ0n) is 21.2. The number of nitrogens with zero attached hydrogens (tertiary/aromatic N) is 1. The summed E-state index contributed by atoms with van der Waals surface area (Å²) in [6, 6.07) is 13.2. The largest absolute Gasteiger partial charge is 0.455 e. The molecule has 1 amide bonds. The van der Waals surface area contributed by atoms with Crippen molar-refractivity contribution in [2.24, 2.45) is 0 Å². The average molecular weight is 636 g/mol. The molecule has 0 atom stereocenters. The highest BCUT2D eigenvalue weighted by atomic mass is 79.9. The van der Waals surface area contributed by atoms with Gasteiger partial charge in [0.2, 0.25) is 10.0 Å². The number of carbonyl (C=O) groups excluding carboxylic acids is 1. The molecule has 204 valence electrons. The molecule has 0 radical (unpaired) electrons. The second-order valence-corrected chi connectivity index (χ2v) is 14.2. The number of rotatable bonds is 7. The van der Waals surface area contributed by atoms with Crippen LogP contribution in [0.25, 0.3) is 22.3 Å². The van der Waals surface area contributed by atoms with Gasteiger partial charge in [-0.2, -0.15) is 0 Å². The lowest BCUT2D eigenvalue weighted by Gasteiger charge is -2.26. The van der Waals surface area contributed by atoms with Gasteiger partial charge in [-0.25, -0.2) is 25.5 Å². The molecule has 1 N–H and O–H groups in total. The van der Waals surface area contributed by atoms with Gasteiger partial charge >= 0.3 is 0 Å². The van der Waals surface area contributed by atoms with Crippen molar-refractivity contribution in [3.63, 3.8) is 0 Å². The molecule has 3 aromatic carbocycles. The Hall–Kier alpha value is -3.22. The molecule has 0 aliphatic heterocycles. The van der Waals surface area contributed by atoms with Gasteiger partial charge in [-0.3, -0.25) is 4.79 Å². The fourth-order valence-electron chi connectivity index (χ4n) is 4.61. The van der Waals surface area contributed by atoms with E-state index in [0.717, 1.165) is 29.7 Å². The second kappa shape index (κ2) is 9.76. The van der Waals surface area contributed by atoms with Gasteiger partial charge < -0.3 is 9.73 Å². The van der Waals surface area contributed by atoms with E-state index in [1.807, 2.05) is 0 Å². The van der Waals surface area contributed by atoms with E-state index >= 15 is 0 Å². The predicted octanol–water partition coefficient (Wildman–Crippen LogP) is 5.74. The van der Waals surface area contributed by atoms with Crippen molar-refractivity contribution in [3.8, 4) is 11.3 Å². The summed E-state index contributed by atoms with van der Waals surface area (Å²) in [5.41, 5.74) is 2.11. The van der Waals surface area contributed by atoms with Crippen LogP contribution in [0.5, 0.6) is 0 Å². The molecule has 12 heteroatoms. The van der Waals surface area contributed by atoms with Crippen molar-refractivity contribution in [2.75, 3.05) is 23.9 Å². The number of halogens is 2. The third-order valence-corrected chi connectivity index (χ3v) is 9.68. The van der Waals surface area contributed by atoms with E-state index < -0.39 is 31.6 Å². The van der Waals surface area contributed by atoms with E-state index in [1.165, 1.54) is 49.5 Å². The number of benzene rings is 3. The molecule has 8 nitrogen and oxygen atoms in total. The molecule has 1 aliphatic rings. The summed E-state index contributed by atoms with van der Waals surface area (Å²) < 4.78 is 72.4. The van der Waals surface area contributed by atoms with Crippen LogP contribution in [-0.4, -0.2) is 42.3 Å². The number of sulfonamides is 1. The molecule has 1 aliphatic carbocycles. The number of carbonyl (C=O) groups is 1. The highest BCUT2D eigenvalue weighted by Crippen LogP contribution is 2.49. The van der Waals surface area contributed by atoms with Crippen LogP contribution in [-0.2, 0) is 19.9 Å². The average Bonchev–Trinajstić information content (AvgIpc) is 3.63. The zero-order valence-corrected chi connectivity index (χ0v) is 24.4. The van der Waals surface area contributed by atoms with E-state index in [2.05, 4.69) is 21.2 Å². The summed E-state index contributed by atoms with van der Waals surface area (Å²) in [5.74, 6) is -0.591. The fourth-order valence-corrected chi connectivity index (χ4v) is 7.51. The molecular weight excluding hydrogens is 611 g/mol. The van der Waals surface area contributed by atoms with Crippen molar-refractivity contribution < 1.29 is 30.4 Å². The summed E-state index contributed by atoms with van der Waals surface area (Å²) in [7, 11) is -6.15. The Labute approximate surface area is 233 Å². The van der Waals surface area contributed by atoms with Crippen molar-refractivity contribution in [1.29, 1.82) is 0 Å². The van der Waals surface area contributed by atoms with Crippen LogP contribution < -0.4 is 9.62 Å². The molecule has 0 unspecified atom stereocenters. The summed E-state index contributed by atoms with van der Waals surface area (Å²) >= 11 is 3.24. The topological polar surface area (TPSA) is 114 Å². The van der Waals surface area contributed by atoms with Gasteiger partial charge in [-0.05, 0) is 88.8 Å². The Kier molecular flexibility index (Phi) is 6.84. The molecule has 5 rings (SSSR count). The molecule has 0 saturated heterocycles. The summed E-state index contributed by atoms with van der Waals surface area (Å²) in [6.07, 6.45) is 3.73. The Bertz CT molecular complexity index is 1850. The molecular formula is C27H24BrFN2O6S2. The molecule has 0 bridgehead atoms. The van der Waals surface area contributed by atoms with E-state index in [0.29, 0.717) is 26.7 Å². The highest BCUT2D eigenvalue weighted by molar-refractivity contribution is 9.10. The predicted molar refractivity (Wildman–Crippen MR) is 151 cm³/mol. The van der Waals surface area contributed by atoms with E-state index in [9.17, 15) is 26.0 Å². The van der Waals surface area contributed by atoms with Crippen LogP contribution >= 0.6 is 15.9 Å². The Balaban J connectivity index is 1.81. The molecule has 1 heterocycles. The molecule has 0 spiro atoms. The number of hydrogen-bond donors (Lipinski definition) is 1. The molecule has 39 heavy (non-hydrogen) atoms. The normalized spacial score (nSPS) is 14.0. The second-order valence-electron chi connectivity index (χ2n) is 9.49. The minimum atomic E-state index is -3.96. The van der Waals surface area contributed by atoms with Crippen LogP contribution in [0.1, 0.15) is 34.7 Å². The lowest BCUT2D eigenvalue weighted by molar-refractivity contribution is 0.0964. The van der Waals surface area contributed by atoms with Crippen molar-refractivity contribution in [3.05, 3.63) is 76.0 Å². The maximum atomic E-state index is 13.6. The summed E-state index contributed by atoms with van der Waals surface area (Å²) in [5, 5.41) is 3.10. The molecule has 1 saturated carbocycles. The van der Waals surface area contributed by atoms with Gasteiger partial charge in [0.25, 0.3) is 5.91 Å². The monoisotopic (exact) mass is 634 g/mol. The van der Waals surface area contributed by atoms with Crippen molar-refractivity contribution in [1.82, 2.24) is 5.32 Å². The van der Waals surface area contributed by atoms with E-state index in [4.69, 9.17) is 4.42 Å². The third kappa shape index (κ3) is 5.20. The number of anilines is 2. The first-order chi connectivity index (χ1) is 18.3. The van der Waals surface area contributed by atoms with Crippen LogP contribution in [0.2, 0.25) is 0 Å². The third-order valence-electron chi connectivity index (χ3n) is 6.51. The lowest BCUT2D eigenvalue weighted by Crippen LogP contribution is -2.26. The maximum Gasteiger partial charge on any atom is 0.255 e. The van der Waals surface area contributed by atoms with Crippen LogP contribution in [0.4, 0.5) is 15.8 Å². The Morgan fingerprint density at radius 1 is 1.03 bits per heavy atom. The Morgan fingerprint density at radius 2 is 1.69 bits per heavy atom. The SMILES string of the molecule is CNC(=O)c1c(-c2ccc(F)cc2)oc2cc(N(c3ccc(Br)c(S(C)(=O)=O)c3)S(C)(=O)=O)c(C3CC3)cc12. The van der Waals surface area contributed by atoms with Crippen molar-refractivity contribution in [2.45, 2.75) is 23.7 Å². The number of fused-ring (bicyclic) bond motifs is 1. The van der Waals surface area contributed by atoms with Crippen LogP contribution in [0.3, 0.4) is 0 Å². The van der Waals surface area contributed by atoms with Crippen LogP contribution in [0.15, 0.2) is 68.4 Å². The van der Waals surface area contributed by atoms with Gasteiger partial charge in [0, 0.05) is 34.8 Å². The fraction of sp³-hybridized carbons (Fsp3) is 0.222. The zero-order chi connectivity index (χ0) is 28.3. The number of hydrogen-bond acceptors (Lipinski definition) is 6.